The van der Waals surface area contributed by atoms with Gasteiger partial charge in [0.1, 0.15) is 23.3 Å². The second-order valence-electron chi connectivity index (χ2n) is 7.64. The summed E-state index contributed by atoms with van der Waals surface area (Å²) in [4.78, 5) is 21.5. The van der Waals surface area contributed by atoms with Gasteiger partial charge in [-0.25, -0.2) is 18.2 Å². The molecule has 1 aromatic carbocycles. The highest BCUT2D eigenvalue weighted by Gasteiger charge is 2.20. The molecular weight excluding hydrogens is 453 g/mol. The Balaban J connectivity index is 1.78. The summed E-state index contributed by atoms with van der Waals surface area (Å²) in [5.74, 6) is -2.34. The maximum absolute atomic E-state index is 14.5. The summed E-state index contributed by atoms with van der Waals surface area (Å²) < 4.78 is 43.8. The van der Waals surface area contributed by atoms with Crippen LogP contribution in [-0.4, -0.2) is 20.3 Å². The van der Waals surface area contributed by atoms with E-state index in [1.165, 1.54) is 37.4 Å². The van der Waals surface area contributed by atoms with Crippen LogP contribution in [0.25, 0.3) is 22.2 Å². The lowest BCUT2D eigenvalue weighted by atomic mass is 10.0. The molecule has 0 radical (unpaired) electrons. The van der Waals surface area contributed by atoms with Gasteiger partial charge in [-0.05, 0) is 56.3 Å². The number of aromatic nitrogens is 3. The molecule has 0 saturated heterocycles. The Kier molecular flexibility index (Phi) is 6.64. The first-order valence-corrected chi connectivity index (χ1v) is 10.7. The zero-order valence-electron chi connectivity index (χ0n) is 19.0. The number of carbonyl (C=O) groups excluding carboxylic acids is 1. The van der Waals surface area contributed by atoms with Crippen LogP contribution in [-0.2, 0) is 0 Å². The van der Waals surface area contributed by atoms with Crippen molar-refractivity contribution in [1.29, 1.82) is 0 Å². The lowest BCUT2D eigenvalue weighted by molar-refractivity contribution is 0.102. The van der Waals surface area contributed by atoms with E-state index in [0.717, 1.165) is 12.2 Å². The third kappa shape index (κ3) is 4.63. The number of nitrogens with one attached hydrogen (secondary N) is 1. The number of fused-ring (bicyclic) bond motifs is 1. The quantitative estimate of drug-likeness (QED) is 0.312. The summed E-state index contributed by atoms with van der Waals surface area (Å²) >= 11 is 0. The molecule has 0 aliphatic rings. The molecule has 0 unspecified atom stereocenters. The zero-order valence-corrected chi connectivity index (χ0v) is 19.0. The smallest absolute Gasteiger partial charge is 0.257 e. The number of hydrogen-bond donors (Lipinski definition) is 1. The molecule has 0 aliphatic carbocycles. The van der Waals surface area contributed by atoms with E-state index in [0.29, 0.717) is 33.6 Å². The van der Waals surface area contributed by atoms with E-state index in [1.807, 2.05) is 0 Å². The van der Waals surface area contributed by atoms with Crippen LogP contribution in [0.15, 0.2) is 91.4 Å². The summed E-state index contributed by atoms with van der Waals surface area (Å²) in [6.07, 6.45) is 6.84. The van der Waals surface area contributed by atoms with Crippen LogP contribution in [0.1, 0.15) is 28.8 Å². The topological polar surface area (TPSA) is 59.3 Å². The van der Waals surface area contributed by atoms with E-state index in [1.54, 1.807) is 41.9 Å². The van der Waals surface area contributed by atoms with Crippen LogP contribution in [0.4, 0.5) is 18.9 Å². The number of aryl methyl sites for hydroxylation is 1. The fraction of sp³-hybridized carbons (Fsp3) is 0.0741. The number of nitrogens with zero attached hydrogens (tertiary/aromatic N) is 3. The number of hydrogen-bond acceptors (Lipinski definition) is 3. The lowest BCUT2D eigenvalue weighted by Gasteiger charge is -2.11. The number of carbonyl (C=O) groups is 1. The van der Waals surface area contributed by atoms with Crippen molar-refractivity contribution in [3.05, 3.63) is 114 Å². The summed E-state index contributed by atoms with van der Waals surface area (Å²) in [5.41, 5.74) is 2.80. The van der Waals surface area contributed by atoms with Gasteiger partial charge in [0.05, 0.1) is 28.5 Å². The molecule has 0 saturated carbocycles. The Morgan fingerprint density at radius 1 is 1.11 bits per heavy atom. The van der Waals surface area contributed by atoms with Crippen LogP contribution in [0.3, 0.4) is 0 Å². The van der Waals surface area contributed by atoms with E-state index < -0.39 is 23.4 Å². The molecule has 0 aliphatic heterocycles. The summed E-state index contributed by atoms with van der Waals surface area (Å²) in [5, 5.41) is 2.73. The van der Waals surface area contributed by atoms with Gasteiger partial charge in [-0.15, -0.1) is 0 Å². The molecule has 0 atom stereocenters. The predicted molar refractivity (Wildman–Crippen MR) is 131 cm³/mol. The van der Waals surface area contributed by atoms with Gasteiger partial charge in [-0.2, -0.15) is 0 Å². The van der Waals surface area contributed by atoms with E-state index >= 15 is 0 Å². The molecule has 35 heavy (non-hydrogen) atoms. The van der Waals surface area contributed by atoms with Gasteiger partial charge in [0, 0.05) is 29.2 Å². The zero-order chi connectivity index (χ0) is 25.1. The third-order valence-corrected chi connectivity index (χ3v) is 5.45. The highest BCUT2D eigenvalue weighted by molar-refractivity contribution is 6.05. The minimum atomic E-state index is -0.838. The van der Waals surface area contributed by atoms with E-state index in [2.05, 4.69) is 21.9 Å². The normalized spacial score (nSPS) is 12.4. The van der Waals surface area contributed by atoms with Crippen molar-refractivity contribution < 1.29 is 18.0 Å². The van der Waals surface area contributed by atoms with Gasteiger partial charge < -0.3 is 5.32 Å². The van der Waals surface area contributed by atoms with E-state index in [9.17, 15) is 18.0 Å². The van der Waals surface area contributed by atoms with Crippen LogP contribution in [0, 0.1) is 12.7 Å². The maximum atomic E-state index is 14.5. The molecule has 176 valence electrons. The molecule has 8 heteroatoms. The third-order valence-electron chi connectivity index (χ3n) is 5.45. The Morgan fingerprint density at radius 2 is 1.86 bits per heavy atom. The Bertz CT molecular complexity index is 1500. The molecule has 3 heterocycles. The molecule has 1 amide bonds. The van der Waals surface area contributed by atoms with Crippen LogP contribution < -0.4 is 5.32 Å². The SMILES string of the molecule is C=C/C(F)=C(\C(F)=C/C)c1ncc2c(-c3cnc(C)c(C(=O)Nc4ccc(F)cc4)c3)cccn12. The van der Waals surface area contributed by atoms with Crippen LogP contribution in [0.5, 0.6) is 0 Å². The van der Waals surface area contributed by atoms with Gasteiger partial charge >= 0.3 is 0 Å². The van der Waals surface area contributed by atoms with Crippen molar-refractivity contribution in [3.8, 4) is 11.1 Å². The minimum Gasteiger partial charge on any atom is -0.322 e. The molecule has 0 bridgehead atoms. The highest BCUT2D eigenvalue weighted by atomic mass is 19.1. The fourth-order valence-corrected chi connectivity index (χ4v) is 3.67. The average molecular weight is 474 g/mol. The molecule has 1 N–H and O–H groups in total. The van der Waals surface area contributed by atoms with Crippen molar-refractivity contribution in [2.45, 2.75) is 13.8 Å². The van der Waals surface area contributed by atoms with E-state index in [4.69, 9.17) is 0 Å². The molecule has 3 aromatic heterocycles. The number of rotatable bonds is 6. The second kappa shape index (κ2) is 9.80. The Labute approximate surface area is 200 Å². The number of imidazole rings is 1. The fourth-order valence-electron chi connectivity index (χ4n) is 3.67. The summed E-state index contributed by atoms with van der Waals surface area (Å²) in [7, 11) is 0. The number of allylic oxidation sites excluding steroid dienone is 5. The first-order chi connectivity index (χ1) is 16.8. The number of anilines is 1. The Hall–Kier alpha value is -4.46. The molecule has 0 spiro atoms. The predicted octanol–water partition coefficient (Wildman–Crippen LogP) is 6.84. The lowest BCUT2D eigenvalue weighted by Crippen LogP contribution is -2.14. The van der Waals surface area contributed by atoms with Crippen LogP contribution in [0.2, 0.25) is 0 Å². The standard InChI is InChI=1S/C27H21F3N4O/c1-4-22(29)25(23(30)5-2)26-32-15-24-20(7-6-12-34(24)26)17-13-21(16(3)31-14-17)27(35)33-19-10-8-18(28)9-11-19/h4-15H,1H2,2-3H3,(H,33,35)/b23-5+,25-22-. The van der Waals surface area contributed by atoms with Crippen molar-refractivity contribution in [2.75, 3.05) is 5.32 Å². The molecule has 4 rings (SSSR count). The summed E-state index contributed by atoms with van der Waals surface area (Å²) in [6.45, 7) is 6.56. The number of benzene rings is 1. The van der Waals surface area contributed by atoms with Gasteiger partial charge in [-0.3, -0.25) is 14.2 Å². The molecule has 0 fully saturated rings. The first-order valence-electron chi connectivity index (χ1n) is 10.7. The van der Waals surface area contributed by atoms with Crippen molar-refractivity contribution in [3.63, 3.8) is 0 Å². The van der Waals surface area contributed by atoms with Gasteiger partial charge in [0.2, 0.25) is 0 Å². The number of pyridine rings is 2. The van der Waals surface area contributed by atoms with Gasteiger partial charge in [-0.1, -0.05) is 18.7 Å². The summed E-state index contributed by atoms with van der Waals surface area (Å²) in [6, 6.07) is 10.6. The monoisotopic (exact) mass is 474 g/mol. The Morgan fingerprint density at radius 3 is 2.54 bits per heavy atom. The minimum absolute atomic E-state index is 0.0733. The van der Waals surface area contributed by atoms with Crippen molar-refractivity contribution >= 4 is 22.7 Å². The molecular formula is C27H21F3N4O. The average Bonchev–Trinajstić information content (AvgIpc) is 3.29. The molecule has 4 aromatic rings. The van der Waals surface area contributed by atoms with Crippen molar-refractivity contribution in [1.82, 2.24) is 14.4 Å². The second-order valence-corrected chi connectivity index (χ2v) is 7.64. The first kappa shape index (κ1) is 23.7. The van der Waals surface area contributed by atoms with Crippen LogP contribution >= 0.6 is 0 Å². The molecule has 5 nitrogen and oxygen atoms in total. The number of amides is 1. The van der Waals surface area contributed by atoms with Crippen molar-refractivity contribution in [2.24, 2.45) is 0 Å². The van der Waals surface area contributed by atoms with Gasteiger partial charge in [0.15, 0.2) is 0 Å². The largest absolute Gasteiger partial charge is 0.322 e. The maximum Gasteiger partial charge on any atom is 0.257 e. The van der Waals surface area contributed by atoms with Gasteiger partial charge in [0.25, 0.3) is 5.91 Å². The van der Waals surface area contributed by atoms with E-state index in [-0.39, 0.29) is 11.4 Å². The highest BCUT2D eigenvalue weighted by Crippen LogP contribution is 2.32. The number of halogens is 3.